The fraction of sp³-hybridized carbons (Fsp3) is 0.286. The third kappa shape index (κ3) is 3.23. The second kappa shape index (κ2) is 6.02. The van der Waals surface area contributed by atoms with Crippen molar-refractivity contribution < 1.29 is 0 Å². The van der Waals surface area contributed by atoms with Crippen LogP contribution in [0.1, 0.15) is 11.1 Å². The lowest BCUT2D eigenvalue weighted by molar-refractivity contribution is 0.854. The van der Waals surface area contributed by atoms with Gasteiger partial charge >= 0.3 is 0 Å². The SMILES string of the molecule is Cc1c(N)cnc(N(C)CCc2ccncc2)c1Br. The molecule has 19 heavy (non-hydrogen) atoms. The minimum atomic E-state index is 0.707. The van der Waals surface area contributed by atoms with Crippen molar-refractivity contribution in [2.45, 2.75) is 13.3 Å². The Balaban J connectivity index is 2.08. The summed E-state index contributed by atoms with van der Waals surface area (Å²) in [6.45, 7) is 2.88. The third-order valence-electron chi connectivity index (χ3n) is 3.13. The molecule has 2 N–H and O–H groups in total. The van der Waals surface area contributed by atoms with Crippen LogP contribution >= 0.6 is 15.9 Å². The Hall–Kier alpha value is -1.62. The molecule has 100 valence electrons. The number of likely N-dealkylation sites (N-methyl/N-ethyl adjacent to an activating group) is 1. The predicted octanol–water partition coefficient (Wildman–Crippen LogP) is 2.81. The van der Waals surface area contributed by atoms with E-state index in [9.17, 15) is 0 Å². The summed E-state index contributed by atoms with van der Waals surface area (Å²) in [5, 5.41) is 0. The van der Waals surface area contributed by atoms with Gasteiger partial charge in [0.05, 0.1) is 16.4 Å². The number of aromatic nitrogens is 2. The average molecular weight is 321 g/mol. The molecule has 0 saturated carbocycles. The molecule has 4 nitrogen and oxygen atoms in total. The number of nitrogen functional groups attached to an aromatic ring is 1. The highest BCUT2D eigenvalue weighted by Crippen LogP contribution is 2.29. The van der Waals surface area contributed by atoms with Crippen molar-refractivity contribution in [1.82, 2.24) is 9.97 Å². The summed E-state index contributed by atoms with van der Waals surface area (Å²) < 4.78 is 0.963. The number of nitrogens with two attached hydrogens (primary N) is 1. The molecule has 0 fully saturated rings. The Morgan fingerprint density at radius 1 is 1.32 bits per heavy atom. The first-order valence-corrected chi connectivity index (χ1v) is 6.89. The minimum absolute atomic E-state index is 0.707. The lowest BCUT2D eigenvalue weighted by Gasteiger charge is -2.20. The topological polar surface area (TPSA) is 55.0 Å². The monoisotopic (exact) mass is 320 g/mol. The molecular weight excluding hydrogens is 304 g/mol. The van der Waals surface area contributed by atoms with Crippen LogP contribution in [0.25, 0.3) is 0 Å². The number of rotatable bonds is 4. The second-order valence-corrected chi connectivity index (χ2v) is 5.30. The maximum atomic E-state index is 5.84. The molecule has 0 aromatic carbocycles. The molecule has 0 aliphatic rings. The van der Waals surface area contributed by atoms with E-state index in [1.807, 2.05) is 38.5 Å². The second-order valence-electron chi connectivity index (χ2n) is 4.50. The fourth-order valence-electron chi connectivity index (χ4n) is 1.80. The van der Waals surface area contributed by atoms with Crippen molar-refractivity contribution in [1.29, 1.82) is 0 Å². The Kier molecular flexibility index (Phi) is 4.37. The van der Waals surface area contributed by atoms with E-state index in [-0.39, 0.29) is 0 Å². The summed E-state index contributed by atoms with van der Waals surface area (Å²) in [5.41, 5.74) is 8.84. The van der Waals surface area contributed by atoms with Gasteiger partial charge in [-0.3, -0.25) is 4.98 Å². The molecule has 0 amide bonds. The molecule has 0 aliphatic carbocycles. The van der Waals surface area contributed by atoms with Gasteiger partial charge < -0.3 is 10.6 Å². The molecule has 0 saturated heterocycles. The summed E-state index contributed by atoms with van der Waals surface area (Å²) in [4.78, 5) is 10.5. The Labute approximate surface area is 121 Å². The lowest BCUT2D eigenvalue weighted by Crippen LogP contribution is -2.22. The molecule has 2 rings (SSSR count). The molecule has 0 bridgehead atoms. The van der Waals surface area contributed by atoms with Crippen molar-refractivity contribution in [2.24, 2.45) is 0 Å². The molecule has 5 heteroatoms. The van der Waals surface area contributed by atoms with Crippen molar-refractivity contribution >= 4 is 27.4 Å². The van der Waals surface area contributed by atoms with Gasteiger partial charge in [0.2, 0.25) is 0 Å². The van der Waals surface area contributed by atoms with Crippen LogP contribution in [0.2, 0.25) is 0 Å². The zero-order chi connectivity index (χ0) is 13.8. The molecular formula is C14H17BrN4. The van der Waals surface area contributed by atoms with E-state index >= 15 is 0 Å². The van der Waals surface area contributed by atoms with E-state index < -0.39 is 0 Å². The number of nitrogens with zero attached hydrogens (tertiary/aromatic N) is 3. The van der Waals surface area contributed by atoms with Gasteiger partial charge in [-0.1, -0.05) is 0 Å². The highest BCUT2D eigenvalue weighted by molar-refractivity contribution is 9.10. The largest absolute Gasteiger partial charge is 0.397 e. The summed E-state index contributed by atoms with van der Waals surface area (Å²) in [6, 6.07) is 4.06. The van der Waals surface area contributed by atoms with Gasteiger partial charge in [0.25, 0.3) is 0 Å². The van der Waals surface area contributed by atoms with Crippen molar-refractivity contribution in [3.8, 4) is 0 Å². The van der Waals surface area contributed by atoms with Crippen LogP contribution in [0.4, 0.5) is 11.5 Å². The Morgan fingerprint density at radius 3 is 2.68 bits per heavy atom. The highest BCUT2D eigenvalue weighted by Gasteiger charge is 2.11. The van der Waals surface area contributed by atoms with Crippen LogP contribution in [-0.2, 0) is 6.42 Å². The molecule has 2 aromatic heterocycles. The predicted molar refractivity (Wildman–Crippen MR) is 82.3 cm³/mol. The van der Waals surface area contributed by atoms with Crippen LogP contribution in [0.5, 0.6) is 0 Å². The zero-order valence-electron chi connectivity index (χ0n) is 11.1. The lowest BCUT2D eigenvalue weighted by atomic mass is 10.2. The molecule has 0 spiro atoms. The minimum Gasteiger partial charge on any atom is -0.397 e. The van der Waals surface area contributed by atoms with Crippen LogP contribution in [0.15, 0.2) is 35.2 Å². The summed E-state index contributed by atoms with van der Waals surface area (Å²) in [6.07, 6.45) is 6.29. The molecule has 0 unspecified atom stereocenters. The number of anilines is 2. The first-order valence-electron chi connectivity index (χ1n) is 6.10. The Morgan fingerprint density at radius 2 is 2.00 bits per heavy atom. The smallest absolute Gasteiger partial charge is 0.143 e. The van der Waals surface area contributed by atoms with Gasteiger partial charge in [-0.25, -0.2) is 4.98 Å². The van der Waals surface area contributed by atoms with E-state index in [1.54, 1.807) is 6.20 Å². The number of hydrogen-bond donors (Lipinski definition) is 1. The maximum Gasteiger partial charge on any atom is 0.143 e. The third-order valence-corrected chi connectivity index (χ3v) is 4.08. The van der Waals surface area contributed by atoms with E-state index in [1.165, 1.54) is 5.56 Å². The summed E-state index contributed by atoms with van der Waals surface area (Å²) in [7, 11) is 2.03. The molecule has 2 aromatic rings. The van der Waals surface area contributed by atoms with Crippen molar-refractivity contribution in [2.75, 3.05) is 24.2 Å². The molecule has 0 aliphatic heterocycles. The number of hydrogen-bond acceptors (Lipinski definition) is 4. The first kappa shape index (κ1) is 13.8. The zero-order valence-corrected chi connectivity index (χ0v) is 12.7. The quantitative estimate of drug-likeness (QED) is 0.941. The van der Waals surface area contributed by atoms with Gasteiger partial charge in [0.1, 0.15) is 5.82 Å². The molecule has 0 atom stereocenters. The normalized spacial score (nSPS) is 10.5. The maximum absolute atomic E-state index is 5.84. The van der Waals surface area contributed by atoms with Gasteiger partial charge in [-0.05, 0) is 52.5 Å². The van der Waals surface area contributed by atoms with Crippen molar-refractivity contribution in [3.63, 3.8) is 0 Å². The number of halogens is 1. The average Bonchev–Trinajstić information content (AvgIpc) is 2.43. The van der Waals surface area contributed by atoms with Crippen LogP contribution in [0, 0.1) is 6.92 Å². The fourth-order valence-corrected chi connectivity index (χ4v) is 2.43. The standard InChI is InChI=1S/C14H17BrN4/c1-10-12(16)9-18-14(13(10)15)19(2)8-5-11-3-6-17-7-4-11/h3-4,6-7,9H,5,8,16H2,1-2H3. The first-order chi connectivity index (χ1) is 9.09. The van der Waals surface area contributed by atoms with Crippen LogP contribution < -0.4 is 10.6 Å². The van der Waals surface area contributed by atoms with Crippen LogP contribution in [0.3, 0.4) is 0 Å². The van der Waals surface area contributed by atoms with Gasteiger partial charge in [0, 0.05) is 26.0 Å². The Bertz CT molecular complexity index is 557. The summed E-state index contributed by atoms with van der Waals surface area (Å²) in [5.74, 6) is 0.917. The van der Waals surface area contributed by atoms with Gasteiger partial charge in [-0.15, -0.1) is 0 Å². The van der Waals surface area contributed by atoms with Gasteiger partial charge in [0.15, 0.2) is 0 Å². The van der Waals surface area contributed by atoms with E-state index in [0.29, 0.717) is 5.69 Å². The van der Waals surface area contributed by atoms with Gasteiger partial charge in [-0.2, -0.15) is 0 Å². The van der Waals surface area contributed by atoms with E-state index in [0.717, 1.165) is 28.8 Å². The van der Waals surface area contributed by atoms with E-state index in [2.05, 4.69) is 30.8 Å². The highest BCUT2D eigenvalue weighted by atomic mass is 79.9. The molecule has 0 radical (unpaired) electrons. The van der Waals surface area contributed by atoms with E-state index in [4.69, 9.17) is 5.73 Å². The number of pyridine rings is 2. The van der Waals surface area contributed by atoms with Crippen molar-refractivity contribution in [3.05, 3.63) is 46.3 Å². The van der Waals surface area contributed by atoms with Crippen LogP contribution in [-0.4, -0.2) is 23.6 Å². The molecule has 2 heterocycles. The summed E-state index contributed by atoms with van der Waals surface area (Å²) >= 11 is 3.56.